The maximum absolute atomic E-state index is 11.2. The molecule has 0 saturated carbocycles. The quantitative estimate of drug-likeness (QED) is 0.650. The van der Waals surface area contributed by atoms with Crippen LogP contribution < -0.4 is 5.73 Å². The molecule has 5 nitrogen and oxygen atoms in total. The number of alkyl halides is 1. The number of aliphatic hydroxyl groups excluding tert-OH is 1. The number of aliphatic hydroxyl groups is 1. The Balaban J connectivity index is 2.89. The van der Waals surface area contributed by atoms with E-state index in [4.69, 9.17) is 10.8 Å². The molecule has 0 aliphatic heterocycles. The van der Waals surface area contributed by atoms with Crippen molar-refractivity contribution in [3.05, 3.63) is 23.4 Å². The van der Waals surface area contributed by atoms with Gasteiger partial charge in [-0.2, -0.15) is 0 Å². The Labute approximate surface area is 109 Å². The number of aliphatic carboxylic acids is 1. The zero-order chi connectivity index (χ0) is 13.2. The van der Waals surface area contributed by atoms with Crippen LogP contribution in [0.1, 0.15) is 6.42 Å². The third kappa shape index (κ3) is 3.08. The predicted octanol–water partition coefficient (Wildman–Crippen LogP) is 0.300. The molecule has 2 unspecified atom stereocenters. The maximum atomic E-state index is 11.2. The molecule has 0 spiro atoms. The van der Waals surface area contributed by atoms with Crippen molar-refractivity contribution in [1.29, 1.82) is 0 Å². The number of carboxylic acids is 1. The van der Waals surface area contributed by atoms with Gasteiger partial charge in [0.15, 0.2) is 4.32 Å². The first kappa shape index (κ1) is 14.2. The van der Waals surface area contributed by atoms with Crippen LogP contribution in [0.3, 0.4) is 0 Å². The van der Waals surface area contributed by atoms with Gasteiger partial charge >= 0.3 is 5.97 Å². The molecule has 17 heavy (non-hydrogen) atoms. The van der Waals surface area contributed by atoms with E-state index in [0.717, 1.165) is 0 Å². The summed E-state index contributed by atoms with van der Waals surface area (Å²) in [7, 11) is 3.69. The maximum Gasteiger partial charge on any atom is 0.326 e. The van der Waals surface area contributed by atoms with Crippen LogP contribution in [0.4, 0.5) is 0 Å². The summed E-state index contributed by atoms with van der Waals surface area (Å²) in [5.41, 5.74) is 6.58. The van der Waals surface area contributed by atoms with Crippen LogP contribution in [0.5, 0.6) is 0 Å². The molecule has 0 fully saturated rings. The van der Waals surface area contributed by atoms with Gasteiger partial charge in [-0.05, 0) is 25.7 Å². The number of likely N-dealkylation sites (N-methyl/N-ethyl adjacent to an activating group) is 1. The van der Waals surface area contributed by atoms with E-state index >= 15 is 0 Å². The highest BCUT2D eigenvalue weighted by atomic mass is 79.9. The Hall–Kier alpha value is -0.850. The lowest BCUT2D eigenvalue weighted by atomic mass is 9.88. The van der Waals surface area contributed by atoms with Gasteiger partial charge in [0.1, 0.15) is 0 Å². The molecule has 96 valence electrons. The first-order chi connectivity index (χ1) is 7.77. The molecule has 0 bridgehead atoms. The lowest BCUT2D eigenvalue weighted by molar-refractivity contribution is -0.138. The van der Waals surface area contributed by atoms with Crippen molar-refractivity contribution in [1.82, 2.24) is 4.90 Å². The van der Waals surface area contributed by atoms with Gasteiger partial charge in [-0.15, -0.1) is 0 Å². The summed E-state index contributed by atoms with van der Waals surface area (Å²) >= 11 is 3.14. The normalized spacial score (nSPS) is 26.4. The van der Waals surface area contributed by atoms with Gasteiger partial charge in [0, 0.05) is 18.7 Å². The van der Waals surface area contributed by atoms with E-state index in [1.165, 1.54) is 6.08 Å². The largest absolute Gasteiger partial charge is 0.480 e. The summed E-state index contributed by atoms with van der Waals surface area (Å²) in [6, 6.07) is 0. The molecule has 6 heteroatoms. The van der Waals surface area contributed by atoms with E-state index in [-0.39, 0.29) is 12.1 Å². The second-order valence-electron chi connectivity index (χ2n) is 4.42. The average molecular weight is 305 g/mol. The zero-order valence-corrected chi connectivity index (χ0v) is 11.4. The number of carbonyl (C=O) groups is 1. The molecule has 1 aliphatic carbocycles. The molecule has 1 rings (SSSR count). The van der Waals surface area contributed by atoms with Gasteiger partial charge in [0.25, 0.3) is 0 Å². The highest BCUT2D eigenvalue weighted by molar-refractivity contribution is 9.10. The van der Waals surface area contributed by atoms with Gasteiger partial charge in [0.05, 0.1) is 6.10 Å². The topological polar surface area (TPSA) is 86.8 Å². The first-order valence-corrected chi connectivity index (χ1v) is 5.98. The molecule has 0 aromatic rings. The Kier molecular flexibility index (Phi) is 4.35. The minimum absolute atomic E-state index is 0.166. The number of hydrogen-bond donors (Lipinski definition) is 3. The Bertz CT molecular complexity index is 379. The van der Waals surface area contributed by atoms with Gasteiger partial charge in [-0.3, -0.25) is 4.79 Å². The van der Waals surface area contributed by atoms with Crippen LogP contribution in [0.25, 0.3) is 0 Å². The van der Waals surface area contributed by atoms with Crippen molar-refractivity contribution < 1.29 is 15.0 Å². The number of nitrogens with two attached hydrogens (primary N) is 1. The third-order valence-electron chi connectivity index (χ3n) is 2.69. The van der Waals surface area contributed by atoms with E-state index in [9.17, 15) is 9.90 Å². The molecule has 2 atom stereocenters. The Morgan fingerprint density at radius 2 is 2.24 bits per heavy atom. The van der Waals surface area contributed by atoms with Gasteiger partial charge in [0.2, 0.25) is 0 Å². The summed E-state index contributed by atoms with van der Waals surface area (Å²) in [6.45, 7) is 0.447. The molecule has 0 aromatic carbocycles. The van der Waals surface area contributed by atoms with Crippen LogP contribution in [0, 0.1) is 0 Å². The number of carboxylic acid groups (broad SMARTS) is 1. The minimum Gasteiger partial charge on any atom is -0.480 e. The lowest BCUT2D eigenvalue weighted by Crippen LogP contribution is -2.41. The van der Waals surface area contributed by atoms with Crippen LogP contribution in [-0.2, 0) is 4.79 Å². The number of allylic oxidation sites excluding steroid dienone is 2. The molecule has 4 N–H and O–H groups in total. The van der Waals surface area contributed by atoms with Gasteiger partial charge < -0.3 is 20.8 Å². The third-order valence-corrected chi connectivity index (χ3v) is 3.76. The van der Waals surface area contributed by atoms with Gasteiger partial charge in [-0.25, -0.2) is 0 Å². The van der Waals surface area contributed by atoms with Crippen LogP contribution >= 0.6 is 15.9 Å². The fourth-order valence-corrected chi connectivity index (χ4v) is 2.12. The second kappa shape index (κ2) is 5.20. The minimum atomic E-state index is -1.30. The zero-order valence-electron chi connectivity index (χ0n) is 9.85. The van der Waals surface area contributed by atoms with Gasteiger partial charge in [-0.1, -0.05) is 22.0 Å². The first-order valence-electron chi connectivity index (χ1n) is 5.19. The monoisotopic (exact) mass is 304 g/mol. The van der Waals surface area contributed by atoms with Crippen molar-refractivity contribution >= 4 is 21.9 Å². The summed E-state index contributed by atoms with van der Waals surface area (Å²) in [6.07, 6.45) is 2.69. The molecule has 1 aliphatic rings. The fraction of sp³-hybridized carbons (Fsp3) is 0.545. The number of rotatable bonds is 4. The lowest BCUT2D eigenvalue weighted by Gasteiger charge is -2.30. The van der Waals surface area contributed by atoms with Crippen LogP contribution in [0.2, 0.25) is 0 Å². The van der Waals surface area contributed by atoms with E-state index in [0.29, 0.717) is 12.1 Å². The second-order valence-corrected chi connectivity index (χ2v) is 5.78. The molecule has 0 saturated heterocycles. The highest BCUT2D eigenvalue weighted by Gasteiger charge is 2.41. The molecule has 0 heterocycles. The molecule has 0 aromatic heterocycles. The van der Waals surface area contributed by atoms with E-state index in [1.807, 2.05) is 19.0 Å². The van der Waals surface area contributed by atoms with Crippen molar-refractivity contribution in [3.8, 4) is 0 Å². The Morgan fingerprint density at radius 1 is 1.65 bits per heavy atom. The summed E-state index contributed by atoms with van der Waals surface area (Å²) in [5.74, 6) is -1.05. The molecular weight excluding hydrogens is 288 g/mol. The van der Waals surface area contributed by atoms with Crippen molar-refractivity contribution in [2.45, 2.75) is 16.8 Å². The molecule has 0 amide bonds. The SMILES string of the molecule is CN(C)CC(O)C1=CC=C(N)C(Br)(C(=O)O)C1. The fourth-order valence-electron chi connectivity index (χ4n) is 1.66. The van der Waals surface area contributed by atoms with E-state index in [2.05, 4.69) is 15.9 Å². The summed E-state index contributed by atoms with van der Waals surface area (Å²) in [4.78, 5) is 13.0. The molecular formula is C11H17BrN2O3. The van der Waals surface area contributed by atoms with E-state index in [1.54, 1.807) is 6.08 Å². The molecule has 0 radical (unpaired) electrons. The van der Waals surface area contributed by atoms with E-state index < -0.39 is 16.4 Å². The van der Waals surface area contributed by atoms with Crippen LogP contribution in [0.15, 0.2) is 23.4 Å². The van der Waals surface area contributed by atoms with Crippen LogP contribution in [-0.4, -0.2) is 52.2 Å². The smallest absolute Gasteiger partial charge is 0.326 e. The number of nitrogens with zero attached hydrogens (tertiary/aromatic N) is 1. The summed E-state index contributed by atoms with van der Waals surface area (Å²) in [5, 5.41) is 19.1. The number of hydrogen-bond acceptors (Lipinski definition) is 4. The standard InChI is InChI=1S/C11H17BrN2O3/c1-14(2)6-8(15)7-3-4-9(13)11(12,5-7)10(16)17/h3-4,8,15H,5-6,13H2,1-2H3,(H,16,17). The van der Waals surface area contributed by atoms with Crippen molar-refractivity contribution in [2.24, 2.45) is 5.73 Å². The highest BCUT2D eigenvalue weighted by Crippen LogP contribution is 2.36. The van der Waals surface area contributed by atoms with Crippen molar-refractivity contribution in [3.63, 3.8) is 0 Å². The Morgan fingerprint density at radius 3 is 2.71 bits per heavy atom. The van der Waals surface area contributed by atoms with Crippen molar-refractivity contribution in [2.75, 3.05) is 20.6 Å². The number of halogens is 1. The predicted molar refractivity (Wildman–Crippen MR) is 68.8 cm³/mol. The summed E-state index contributed by atoms with van der Waals surface area (Å²) < 4.78 is -1.30. The average Bonchev–Trinajstić information content (AvgIpc) is 2.20.